The fourth-order valence-corrected chi connectivity index (χ4v) is 6.48. The monoisotopic (exact) mass is 954 g/mol. The van der Waals surface area contributed by atoms with Crippen LogP contribution in [0.25, 0.3) is 11.1 Å². The molecule has 0 aliphatic carbocycles. The Kier molecular flexibility index (Phi) is 20.1. The van der Waals surface area contributed by atoms with Crippen LogP contribution in [-0.4, -0.2) is 90.8 Å². The van der Waals surface area contributed by atoms with E-state index >= 15 is 8.78 Å². The number of aliphatic hydroxyl groups is 1. The Labute approximate surface area is 373 Å². The Hall–Kier alpha value is -5.88. The smallest absolute Gasteiger partial charge is 0.397 e. The number of benzene rings is 2. The number of hydrogen-bond donors (Lipinski definition) is 9. The van der Waals surface area contributed by atoms with Gasteiger partial charge in [-0.1, -0.05) is 38.1 Å². The number of aliphatic imine (C=N–C) groups is 1. The normalized spacial score (nSPS) is 15.9. The maximum absolute atomic E-state index is 15.1. The molecule has 0 saturated heterocycles. The molecule has 66 heavy (non-hydrogen) atoms. The van der Waals surface area contributed by atoms with Gasteiger partial charge in [-0.25, -0.2) is 18.6 Å². The van der Waals surface area contributed by atoms with Crippen LogP contribution >= 0.6 is 0 Å². The summed E-state index contributed by atoms with van der Waals surface area (Å²) in [6.45, 7) is 0.331. The molecule has 0 aliphatic heterocycles. The topological polar surface area (TPSA) is 253 Å². The lowest BCUT2D eigenvalue weighted by Crippen LogP contribution is -2.72. The maximum atomic E-state index is 15.1. The lowest BCUT2D eigenvalue weighted by atomic mass is 9.76. The SMILES string of the molecule is CCC(=O)NC(C(=O)NC(Cc1ccc(C(C=N)=C(N)CC(C)(C(NC(=O)CC)C([NH3+])=O)C(F)(F)F)cc1)C(O)CNCc1c(F)cc(C(C=NC(F)F)=CN)cc1F)C(C)(C)C(F)(F)F. The number of amides is 4. The molecule has 366 valence electrons. The molecule has 0 fully saturated rings. The summed E-state index contributed by atoms with van der Waals surface area (Å²) in [5.74, 6) is -6.77. The third kappa shape index (κ3) is 14.6. The first-order valence-electron chi connectivity index (χ1n) is 20.1. The highest BCUT2D eigenvalue weighted by atomic mass is 19.4. The van der Waals surface area contributed by atoms with Gasteiger partial charge in [0.2, 0.25) is 17.7 Å². The van der Waals surface area contributed by atoms with Gasteiger partial charge in [0.15, 0.2) is 6.04 Å². The lowest BCUT2D eigenvalue weighted by Gasteiger charge is -2.37. The van der Waals surface area contributed by atoms with E-state index in [0.29, 0.717) is 33.2 Å². The first-order valence-corrected chi connectivity index (χ1v) is 20.1. The molecule has 5 atom stereocenters. The summed E-state index contributed by atoms with van der Waals surface area (Å²) in [5, 5.41) is 28.3. The second-order valence-corrected chi connectivity index (χ2v) is 15.9. The summed E-state index contributed by atoms with van der Waals surface area (Å²) in [4.78, 5) is 53.3. The van der Waals surface area contributed by atoms with Crippen molar-refractivity contribution >= 4 is 47.2 Å². The number of hydrogen-bond acceptors (Lipinski definition) is 10. The van der Waals surface area contributed by atoms with Crippen LogP contribution in [-0.2, 0) is 32.1 Å². The number of allylic oxidation sites excluding steroid dienone is 3. The van der Waals surface area contributed by atoms with Crippen LogP contribution in [0.1, 0.15) is 76.1 Å². The van der Waals surface area contributed by atoms with Gasteiger partial charge in [0.25, 0.3) is 0 Å². The number of halogens is 10. The molecule has 0 spiro atoms. The van der Waals surface area contributed by atoms with E-state index in [0.717, 1.165) is 18.3 Å². The average molecular weight is 955 g/mol. The fourth-order valence-electron chi connectivity index (χ4n) is 6.48. The van der Waals surface area contributed by atoms with Gasteiger partial charge in [-0.2, -0.15) is 35.1 Å². The zero-order valence-electron chi connectivity index (χ0n) is 36.5. The van der Waals surface area contributed by atoms with Crippen molar-refractivity contribution in [3.8, 4) is 0 Å². The molecule has 5 unspecified atom stereocenters. The Morgan fingerprint density at radius 2 is 1.39 bits per heavy atom. The van der Waals surface area contributed by atoms with E-state index in [1.807, 2.05) is 5.32 Å². The number of quaternary nitrogens is 1. The largest absolute Gasteiger partial charge is 0.404 e. The maximum Gasteiger partial charge on any atom is 0.397 e. The molecule has 2 aromatic carbocycles. The highest BCUT2D eigenvalue weighted by Crippen LogP contribution is 2.46. The minimum atomic E-state index is -5.13. The Bertz CT molecular complexity index is 2120. The highest BCUT2D eigenvalue weighted by molar-refractivity contribution is 6.10. The molecule has 0 saturated carbocycles. The van der Waals surface area contributed by atoms with Crippen LogP contribution in [0.4, 0.5) is 43.9 Å². The predicted molar refractivity (Wildman–Crippen MR) is 224 cm³/mol. The van der Waals surface area contributed by atoms with E-state index in [9.17, 15) is 59.4 Å². The van der Waals surface area contributed by atoms with Gasteiger partial charge in [-0.05, 0) is 56.0 Å². The number of nitrogens with zero attached hydrogens (tertiary/aromatic N) is 1. The summed E-state index contributed by atoms with van der Waals surface area (Å²) in [5.41, 5.74) is 7.20. The van der Waals surface area contributed by atoms with Gasteiger partial charge in [-0.15, -0.1) is 0 Å². The van der Waals surface area contributed by atoms with E-state index in [2.05, 4.69) is 26.7 Å². The van der Waals surface area contributed by atoms with Crippen molar-refractivity contribution in [2.24, 2.45) is 27.3 Å². The van der Waals surface area contributed by atoms with E-state index in [-0.39, 0.29) is 40.7 Å². The van der Waals surface area contributed by atoms with E-state index in [1.165, 1.54) is 38.1 Å². The number of carbonyl (C=O) groups is 4. The summed E-state index contributed by atoms with van der Waals surface area (Å²) in [6.07, 6.45) is -11.9. The van der Waals surface area contributed by atoms with Gasteiger partial charge in [0.05, 0.1) is 17.6 Å². The van der Waals surface area contributed by atoms with Crippen LogP contribution in [0.2, 0.25) is 0 Å². The van der Waals surface area contributed by atoms with Crippen molar-refractivity contribution in [3.05, 3.63) is 82.2 Å². The zero-order valence-corrected chi connectivity index (χ0v) is 36.5. The number of carbonyl (C=O) groups excluding carboxylic acids is 4. The van der Waals surface area contributed by atoms with E-state index in [4.69, 9.17) is 16.9 Å². The molecule has 0 bridgehead atoms. The standard InChI is InChI=1S/C42H53F10N9O5/c1-6-32(63)60-34(36(56)65)40(5,42(50,51)52)15-29(55)25(17-54)22-10-8-21(9-11-22)12-30(59-37(66)35(61-33(64)7-2)39(3,4)41(47,48)49)31(62)20-57-19-26-27(43)13-23(14-28(26)44)24(16-53)18-58-38(45)46/h8-11,13-14,16-18,30-31,34-35,38,54,57,62H,6-7,12,15,19-20,53,55H2,1-5H3,(H2,56,65)(H,59,66)(H,60,63)(H,61,64)/p+1. The van der Waals surface area contributed by atoms with Crippen LogP contribution in [0.5, 0.6) is 0 Å². The summed E-state index contributed by atoms with van der Waals surface area (Å²) >= 11 is 0. The molecule has 13 N–H and O–H groups in total. The zero-order chi connectivity index (χ0) is 50.5. The molecule has 2 aromatic rings. The second-order valence-electron chi connectivity index (χ2n) is 15.9. The Morgan fingerprint density at radius 1 is 0.864 bits per heavy atom. The van der Waals surface area contributed by atoms with Crippen molar-refractivity contribution in [3.63, 3.8) is 0 Å². The lowest BCUT2D eigenvalue weighted by molar-refractivity contribution is -0.320. The Balaban J connectivity index is 2.58. The molecule has 0 aromatic heterocycles. The number of nitrogens with one attached hydrogen (secondary N) is 5. The van der Waals surface area contributed by atoms with Crippen LogP contribution < -0.4 is 38.5 Å². The molecule has 2 rings (SSSR count). The highest BCUT2D eigenvalue weighted by Gasteiger charge is 2.60. The van der Waals surface area contributed by atoms with Crippen LogP contribution in [0.3, 0.4) is 0 Å². The average Bonchev–Trinajstić information content (AvgIpc) is 3.22. The Morgan fingerprint density at radius 3 is 1.83 bits per heavy atom. The van der Waals surface area contributed by atoms with Crippen molar-refractivity contribution in [2.75, 3.05) is 6.54 Å². The van der Waals surface area contributed by atoms with Gasteiger partial charge in [0, 0.05) is 73.4 Å². The number of rotatable bonds is 23. The van der Waals surface area contributed by atoms with Crippen molar-refractivity contribution in [1.82, 2.24) is 21.3 Å². The molecule has 24 heteroatoms. The second kappa shape index (κ2) is 23.5. The fraction of sp³-hybridized carbons (Fsp3) is 0.476. The molecular formula is C42H54F10N9O5+. The van der Waals surface area contributed by atoms with E-state index in [1.54, 1.807) is 0 Å². The van der Waals surface area contributed by atoms with Gasteiger partial charge in [-0.3, -0.25) is 20.1 Å². The number of aliphatic hydroxyl groups excluding tert-OH is 1. The van der Waals surface area contributed by atoms with Crippen LogP contribution in [0, 0.1) is 27.9 Å². The first-order chi connectivity index (χ1) is 30.5. The molecule has 4 amide bonds. The number of nitrogens with two attached hydrogens (primary N) is 2. The predicted octanol–water partition coefficient (Wildman–Crippen LogP) is 4.16. The first kappa shape index (κ1) is 56.2. The third-order valence-electron chi connectivity index (χ3n) is 10.8. The van der Waals surface area contributed by atoms with Crippen LogP contribution in [0.15, 0.2) is 53.3 Å². The summed E-state index contributed by atoms with van der Waals surface area (Å²) in [6, 6.07) is 0.878. The summed E-state index contributed by atoms with van der Waals surface area (Å²) < 4.78 is 142. The van der Waals surface area contributed by atoms with Crippen molar-refractivity contribution < 1.29 is 73.9 Å². The molecule has 0 radical (unpaired) electrons. The third-order valence-corrected chi connectivity index (χ3v) is 10.8. The summed E-state index contributed by atoms with van der Waals surface area (Å²) in [7, 11) is 0. The minimum Gasteiger partial charge on any atom is -0.404 e. The van der Waals surface area contributed by atoms with Crippen molar-refractivity contribution in [2.45, 2.75) is 110 Å². The number of alkyl halides is 8. The minimum absolute atomic E-state index is 0.0633. The quantitative estimate of drug-likeness (QED) is 0.0443. The van der Waals surface area contributed by atoms with Gasteiger partial charge >= 0.3 is 24.8 Å². The molecule has 0 heterocycles. The molecule has 14 nitrogen and oxygen atoms in total. The molecule has 0 aliphatic rings. The van der Waals surface area contributed by atoms with Crippen molar-refractivity contribution in [1.29, 1.82) is 5.41 Å². The van der Waals surface area contributed by atoms with Gasteiger partial charge in [0.1, 0.15) is 23.1 Å². The van der Waals surface area contributed by atoms with E-state index < -0.39 is 126 Å². The van der Waals surface area contributed by atoms with Gasteiger partial charge < -0.3 is 43.3 Å². The molecular weight excluding hydrogens is 900 g/mol.